The third kappa shape index (κ3) is 3.81. The lowest BCUT2D eigenvalue weighted by Gasteiger charge is -2.16. The van der Waals surface area contributed by atoms with E-state index in [9.17, 15) is 4.39 Å². The summed E-state index contributed by atoms with van der Waals surface area (Å²) in [5.41, 5.74) is 2.14. The second kappa shape index (κ2) is 6.86. The predicted molar refractivity (Wildman–Crippen MR) is 82.3 cm³/mol. The lowest BCUT2D eigenvalue weighted by atomic mass is 10.1. The van der Waals surface area contributed by atoms with Gasteiger partial charge in [0, 0.05) is 22.6 Å². The van der Waals surface area contributed by atoms with E-state index < -0.39 is 0 Å². The van der Waals surface area contributed by atoms with E-state index in [0.717, 1.165) is 21.3 Å². The van der Waals surface area contributed by atoms with Crippen molar-refractivity contribution < 1.29 is 9.13 Å². The number of benzene rings is 2. The van der Waals surface area contributed by atoms with Crippen LogP contribution in [0.3, 0.4) is 0 Å². The summed E-state index contributed by atoms with van der Waals surface area (Å²) >= 11 is 3.46. The van der Waals surface area contributed by atoms with Gasteiger partial charge in [-0.3, -0.25) is 0 Å². The summed E-state index contributed by atoms with van der Waals surface area (Å²) in [7, 11) is 1.66. The van der Waals surface area contributed by atoms with Gasteiger partial charge in [-0.25, -0.2) is 4.39 Å². The van der Waals surface area contributed by atoms with Crippen LogP contribution in [0.2, 0.25) is 0 Å². The maximum absolute atomic E-state index is 12.9. The molecule has 0 saturated carbocycles. The number of nitrogens with one attached hydrogen (secondary N) is 1. The van der Waals surface area contributed by atoms with E-state index in [0.29, 0.717) is 6.54 Å². The van der Waals surface area contributed by atoms with E-state index in [-0.39, 0.29) is 11.9 Å². The molecule has 0 aliphatic rings. The van der Waals surface area contributed by atoms with Crippen LogP contribution in [0.1, 0.15) is 24.1 Å². The molecule has 2 aromatic carbocycles. The minimum Gasteiger partial charge on any atom is -0.496 e. The quantitative estimate of drug-likeness (QED) is 0.870. The van der Waals surface area contributed by atoms with Crippen LogP contribution < -0.4 is 10.1 Å². The zero-order valence-corrected chi connectivity index (χ0v) is 13.1. The Balaban J connectivity index is 2.04. The lowest BCUT2D eigenvalue weighted by molar-refractivity contribution is 0.406. The molecule has 0 saturated heterocycles. The monoisotopic (exact) mass is 337 g/mol. The highest BCUT2D eigenvalue weighted by molar-refractivity contribution is 9.10. The van der Waals surface area contributed by atoms with E-state index >= 15 is 0 Å². The van der Waals surface area contributed by atoms with Crippen LogP contribution in [0.15, 0.2) is 46.9 Å². The van der Waals surface area contributed by atoms with Gasteiger partial charge in [0.15, 0.2) is 0 Å². The van der Waals surface area contributed by atoms with Crippen LogP contribution in [0.5, 0.6) is 5.75 Å². The smallest absolute Gasteiger partial charge is 0.123 e. The normalized spacial score (nSPS) is 12.2. The van der Waals surface area contributed by atoms with Gasteiger partial charge < -0.3 is 10.1 Å². The second-order valence-corrected chi connectivity index (χ2v) is 5.53. The van der Waals surface area contributed by atoms with Crippen molar-refractivity contribution >= 4 is 15.9 Å². The Morgan fingerprint density at radius 1 is 1.20 bits per heavy atom. The minimum atomic E-state index is -0.213. The van der Waals surface area contributed by atoms with Crippen molar-refractivity contribution in [3.63, 3.8) is 0 Å². The van der Waals surface area contributed by atoms with E-state index in [1.54, 1.807) is 19.2 Å². The van der Waals surface area contributed by atoms with Crippen LogP contribution in [0, 0.1) is 5.82 Å². The first-order valence-corrected chi connectivity index (χ1v) is 7.20. The van der Waals surface area contributed by atoms with Gasteiger partial charge in [0.2, 0.25) is 0 Å². The molecule has 4 heteroatoms. The van der Waals surface area contributed by atoms with Crippen LogP contribution in [-0.4, -0.2) is 7.11 Å². The molecule has 0 spiro atoms. The molecule has 0 heterocycles. The molecule has 106 valence electrons. The number of ether oxygens (including phenoxy) is 1. The second-order valence-electron chi connectivity index (χ2n) is 4.61. The van der Waals surface area contributed by atoms with Crippen LogP contribution in [-0.2, 0) is 6.54 Å². The van der Waals surface area contributed by atoms with Crippen LogP contribution in [0.25, 0.3) is 0 Å². The Hall–Kier alpha value is -1.39. The summed E-state index contributed by atoms with van der Waals surface area (Å²) in [5, 5.41) is 3.41. The first-order chi connectivity index (χ1) is 9.60. The molecule has 2 rings (SSSR count). The molecule has 0 aromatic heterocycles. The number of rotatable bonds is 5. The Labute approximate surface area is 127 Å². The van der Waals surface area contributed by atoms with Crippen molar-refractivity contribution in [3.8, 4) is 5.75 Å². The number of hydrogen-bond acceptors (Lipinski definition) is 2. The largest absolute Gasteiger partial charge is 0.496 e. The van der Waals surface area contributed by atoms with Gasteiger partial charge in [-0.15, -0.1) is 0 Å². The highest BCUT2D eigenvalue weighted by atomic mass is 79.9. The SMILES string of the molecule is COc1ccc(Br)cc1CN[C@H](C)c1ccc(F)cc1. The van der Waals surface area contributed by atoms with Crippen molar-refractivity contribution in [1.82, 2.24) is 5.32 Å². The van der Waals surface area contributed by atoms with E-state index in [4.69, 9.17) is 4.74 Å². The molecule has 2 aromatic rings. The minimum absolute atomic E-state index is 0.138. The van der Waals surface area contributed by atoms with E-state index in [2.05, 4.69) is 28.2 Å². The maximum Gasteiger partial charge on any atom is 0.123 e. The zero-order valence-electron chi connectivity index (χ0n) is 11.5. The third-order valence-electron chi connectivity index (χ3n) is 3.21. The molecular weight excluding hydrogens is 321 g/mol. The topological polar surface area (TPSA) is 21.3 Å². The van der Waals surface area contributed by atoms with Crippen LogP contribution in [0.4, 0.5) is 4.39 Å². The van der Waals surface area contributed by atoms with Gasteiger partial charge in [-0.2, -0.15) is 0 Å². The molecule has 0 fully saturated rings. The fourth-order valence-electron chi connectivity index (χ4n) is 2.02. The summed E-state index contributed by atoms with van der Waals surface area (Å²) in [4.78, 5) is 0. The molecule has 1 N–H and O–H groups in total. The van der Waals surface area contributed by atoms with Crippen molar-refractivity contribution in [1.29, 1.82) is 0 Å². The summed E-state index contributed by atoms with van der Waals surface area (Å²) < 4.78 is 19.3. The third-order valence-corrected chi connectivity index (χ3v) is 3.70. The average Bonchev–Trinajstić information content (AvgIpc) is 2.45. The Kier molecular flexibility index (Phi) is 5.15. The van der Waals surface area contributed by atoms with Gasteiger partial charge in [0.1, 0.15) is 11.6 Å². The molecule has 0 radical (unpaired) electrons. The first kappa shape index (κ1) is 15.0. The Morgan fingerprint density at radius 3 is 2.55 bits per heavy atom. The van der Waals surface area contributed by atoms with Crippen molar-refractivity contribution in [2.24, 2.45) is 0 Å². The molecule has 0 amide bonds. The molecule has 0 unspecified atom stereocenters. The molecule has 1 atom stereocenters. The molecule has 0 bridgehead atoms. The zero-order chi connectivity index (χ0) is 14.5. The summed E-state index contributed by atoms with van der Waals surface area (Å²) in [5.74, 6) is 0.640. The molecular formula is C16H17BrFNO. The van der Waals surface area contributed by atoms with Gasteiger partial charge >= 0.3 is 0 Å². The number of methoxy groups -OCH3 is 1. The average molecular weight is 338 g/mol. The number of halogens is 2. The highest BCUT2D eigenvalue weighted by Crippen LogP contribution is 2.23. The number of hydrogen-bond donors (Lipinski definition) is 1. The predicted octanol–water partition coefficient (Wildman–Crippen LogP) is 4.45. The standard InChI is InChI=1S/C16H17BrFNO/c1-11(12-3-6-15(18)7-4-12)19-10-13-9-14(17)5-8-16(13)20-2/h3-9,11,19H,10H2,1-2H3/t11-/m1/s1. The van der Waals surface area contributed by atoms with Crippen LogP contribution >= 0.6 is 15.9 Å². The molecule has 2 nitrogen and oxygen atoms in total. The van der Waals surface area contributed by atoms with Crippen molar-refractivity contribution in [2.75, 3.05) is 7.11 Å². The van der Waals surface area contributed by atoms with Crippen molar-refractivity contribution in [2.45, 2.75) is 19.5 Å². The maximum atomic E-state index is 12.9. The Morgan fingerprint density at radius 2 is 1.90 bits per heavy atom. The molecule has 0 aliphatic heterocycles. The Bertz CT molecular complexity index is 571. The van der Waals surface area contributed by atoms with Crippen molar-refractivity contribution in [3.05, 3.63) is 63.9 Å². The van der Waals surface area contributed by atoms with Gasteiger partial charge in [-0.1, -0.05) is 28.1 Å². The first-order valence-electron chi connectivity index (χ1n) is 6.41. The molecule has 20 heavy (non-hydrogen) atoms. The summed E-state index contributed by atoms with van der Waals surface area (Å²) in [6.07, 6.45) is 0. The van der Waals surface area contributed by atoms with Gasteiger partial charge in [0.05, 0.1) is 7.11 Å². The van der Waals surface area contributed by atoms with E-state index in [1.165, 1.54) is 12.1 Å². The van der Waals surface area contributed by atoms with Gasteiger partial charge in [0.25, 0.3) is 0 Å². The highest BCUT2D eigenvalue weighted by Gasteiger charge is 2.08. The lowest BCUT2D eigenvalue weighted by Crippen LogP contribution is -2.18. The van der Waals surface area contributed by atoms with Gasteiger partial charge in [-0.05, 0) is 42.8 Å². The summed E-state index contributed by atoms with van der Waals surface area (Å²) in [6.45, 7) is 2.73. The molecule has 0 aliphatic carbocycles. The fourth-order valence-corrected chi connectivity index (χ4v) is 2.43. The summed E-state index contributed by atoms with van der Waals surface area (Å²) in [6, 6.07) is 12.6. The van der Waals surface area contributed by atoms with E-state index in [1.807, 2.05) is 18.2 Å². The fraction of sp³-hybridized carbons (Fsp3) is 0.250.